The number of carboxylic acids is 2. The molecule has 2 aliphatic rings. The second-order valence-electron chi connectivity index (χ2n) is 10.4. The Balaban J connectivity index is -0.000000696. The number of para-hydroxylation sites is 2. The fourth-order valence-corrected chi connectivity index (χ4v) is 3.38. The van der Waals surface area contributed by atoms with Crippen molar-refractivity contribution in [3.8, 4) is 0 Å². The molecular formula is C38H44N2Na2O14. The Kier molecular flexibility index (Phi) is 34.7. The van der Waals surface area contributed by atoms with E-state index >= 15 is 0 Å². The number of nitrogens with two attached hydrogens (primary N) is 1. The van der Waals surface area contributed by atoms with Gasteiger partial charge in [-0.1, -0.05) is 56.1 Å². The molecule has 16 nitrogen and oxygen atoms in total. The second-order valence-corrected chi connectivity index (χ2v) is 10.4. The van der Waals surface area contributed by atoms with Gasteiger partial charge in [-0.15, -0.1) is 0 Å². The van der Waals surface area contributed by atoms with Crippen LogP contribution in [0.25, 0.3) is 0 Å². The number of ether oxygens (including phenoxy) is 5. The summed E-state index contributed by atoms with van der Waals surface area (Å²) in [5, 5.41) is 19.1. The predicted molar refractivity (Wildman–Crippen MR) is 191 cm³/mol. The smallest absolute Gasteiger partial charge is 0.550 e. The van der Waals surface area contributed by atoms with Gasteiger partial charge in [-0.3, -0.25) is 19.4 Å². The van der Waals surface area contributed by atoms with Crippen molar-refractivity contribution >= 4 is 58.9 Å². The first-order valence-corrected chi connectivity index (χ1v) is 16.3. The number of aliphatic imine (C=N–C) groups is 1. The Bertz CT molecular complexity index is 1600. The van der Waals surface area contributed by atoms with Gasteiger partial charge in [-0.2, -0.15) is 0 Å². The van der Waals surface area contributed by atoms with E-state index < -0.39 is 29.8 Å². The van der Waals surface area contributed by atoms with E-state index in [1.165, 1.54) is 5.56 Å². The minimum absolute atomic E-state index is 0. The van der Waals surface area contributed by atoms with Gasteiger partial charge in [0.15, 0.2) is 0 Å². The number of aryl methyl sites for hydroxylation is 1. The van der Waals surface area contributed by atoms with Crippen molar-refractivity contribution in [2.45, 2.75) is 45.4 Å². The number of nitrogens with zero attached hydrogens (tertiary/aromatic N) is 1. The van der Waals surface area contributed by atoms with Crippen molar-refractivity contribution in [3.63, 3.8) is 0 Å². The van der Waals surface area contributed by atoms with Crippen LogP contribution in [0.15, 0.2) is 91.5 Å². The summed E-state index contributed by atoms with van der Waals surface area (Å²) in [6.45, 7) is 11.9. The number of hydrogen-bond donors (Lipinski definition) is 1. The van der Waals surface area contributed by atoms with Gasteiger partial charge >= 0.3 is 89.0 Å². The van der Waals surface area contributed by atoms with E-state index in [4.69, 9.17) is 25.1 Å². The second kappa shape index (κ2) is 34.9. The third kappa shape index (κ3) is 30.7. The molecule has 0 aromatic heterocycles. The number of rotatable bonds is 15. The van der Waals surface area contributed by atoms with Crippen LogP contribution in [-0.2, 0) is 63.7 Å². The summed E-state index contributed by atoms with van der Waals surface area (Å²) in [7, 11) is 0. The summed E-state index contributed by atoms with van der Waals surface area (Å²) in [5.74, 6) is -4.77. The maximum atomic E-state index is 11.4. The summed E-state index contributed by atoms with van der Waals surface area (Å²) in [6, 6.07) is 15.8. The zero-order chi connectivity index (χ0) is 40.7. The van der Waals surface area contributed by atoms with Crippen molar-refractivity contribution < 1.29 is 127 Å². The summed E-state index contributed by atoms with van der Waals surface area (Å²) < 4.78 is 23.1. The maximum absolute atomic E-state index is 11.4. The van der Waals surface area contributed by atoms with Crippen LogP contribution in [0, 0.1) is 6.92 Å². The molecule has 1 fully saturated rings. The van der Waals surface area contributed by atoms with Crippen LogP contribution in [0.2, 0.25) is 0 Å². The standard InChI is InChI=1S/C16H17NO4.C9H12O6.C7H9N.2C3H4O2.2Na/c1-2-15(18)20-10-8-16(19)21-9-7-13-11-12-5-3-4-6-14(12)17-13;1-2-8(12)14-6-4-9(13)15-5-3-7(10)11;1-6-4-2-3-5-7(6)8;4-3-1-2-5-3;1-2-3(4)5;;/h2-6H,1,7-11H2;2H,1,3-6H2,(H,10,11);2-5H,8H2,1H3;1-2H2;2H,1H2,(H,4,5);;/q;;;;;2*+1/p-2. The molecule has 0 bridgehead atoms. The molecule has 0 atom stereocenters. The summed E-state index contributed by atoms with van der Waals surface area (Å²) in [5.41, 5.74) is 10.7. The van der Waals surface area contributed by atoms with Crippen LogP contribution < -0.4 is 75.1 Å². The van der Waals surface area contributed by atoms with Crippen LogP contribution in [-0.4, -0.2) is 80.5 Å². The SMILES string of the molecule is C=CC(=O)OCCC(=O)OCCC(=O)[O-].C=CC(=O)OCCC(=O)OCCC1=Nc2ccccc2C1.C=CC(=O)[O-].Cc1ccccc1N.O=C1CCO1.[Na+].[Na+]. The average molecular weight is 799 g/mol. The Labute approximate surface area is 369 Å². The van der Waals surface area contributed by atoms with Gasteiger partial charge in [0.25, 0.3) is 0 Å². The van der Waals surface area contributed by atoms with E-state index in [0.717, 1.165) is 47.3 Å². The molecule has 2 aromatic carbocycles. The van der Waals surface area contributed by atoms with Gasteiger partial charge in [0.1, 0.15) is 19.8 Å². The summed E-state index contributed by atoms with van der Waals surface area (Å²) in [6.07, 6.45) is 4.39. The molecule has 1 saturated heterocycles. The number of carbonyl (C=O) groups excluding carboxylic acids is 7. The minimum atomic E-state index is -1.29. The molecular weight excluding hydrogens is 754 g/mol. The van der Waals surface area contributed by atoms with Crippen LogP contribution in [0.4, 0.5) is 11.4 Å². The van der Waals surface area contributed by atoms with Gasteiger partial charge in [0, 0.05) is 48.8 Å². The maximum Gasteiger partial charge on any atom is 1.00 e. The Morgan fingerprint density at radius 1 is 0.768 bits per heavy atom. The number of hydrogen-bond acceptors (Lipinski definition) is 16. The van der Waals surface area contributed by atoms with Crippen LogP contribution in [0.3, 0.4) is 0 Å². The number of aliphatic carboxylic acids is 2. The quantitative estimate of drug-likeness (QED) is 0.0587. The van der Waals surface area contributed by atoms with Crippen LogP contribution in [0.5, 0.6) is 0 Å². The molecule has 0 spiro atoms. The monoisotopic (exact) mass is 798 g/mol. The van der Waals surface area contributed by atoms with Gasteiger partial charge in [-0.05, 0) is 36.3 Å². The first-order valence-electron chi connectivity index (χ1n) is 16.3. The average Bonchev–Trinajstić information content (AvgIpc) is 3.55. The van der Waals surface area contributed by atoms with Crippen LogP contribution >= 0.6 is 0 Å². The number of cyclic esters (lactones) is 1. The molecule has 18 heteroatoms. The number of benzene rings is 2. The topological polar surface area (TPSA) is 250 Å². The Morgan fingerprint density at radius 3 is 1.62 bits per heavy atom. The normalized spacial score (nSPS) is 10.7. The first-order chi connectivity index (χ1) is 25.7. The van der Waals surface area contributed by atoms with Gasteiger partial charge < -0.3 is 49.2 Å². The molecule has 0 unspecified atom stereocenters. The van der Waals surface area contributed by atoms with Gasteiger partial charge in [-0.25, -0.2) is 9.59 Å². The molecule has 0 saturated carbocycles. The first kappa shape index (κ1) is 55.8. The molecule has 292 valence electrons. The number of esters is 5. The number of carboxylic acid groups (broad SMARTS) is 2. The Morgan fingerprint density at radius 2 is 1.23 bits per heavy atom. The molecule has 2 N–H and O–H groups in total. The Hall–Kier alpha value is -4.58. The molecule has 2 aromatic rings. The zero-order valence-corrected chi connectivity index (χ0v) is 36.0. The number of nitrogen functional groups attached to an aromatic ring is 1. The summed E-state index contributed by atoms with van der Waals surface area (Å²) in [4.78, 5) is 76.8. The minimum Gasteiger partial charge on any atom is -0.550 e. The van der Waals surface area contributed by atoms with Crippen molar-refractivity contribution in [2.24, 2.45) is 4.99 Å². The molecule has 0 amide bonds. The van der Waals surface area contributed by atoms with E-state index in [-0.39, 0.29) is 110 Å². The molecule has 4 rings (SSSR count). The van der Waals surface area contributed by atoms with Gasteiger partial charge in [0.2, 0.25) is 0 Å². The van der Waals surface area contributed by atoms with Crippen molar-refractivity contribution in [2.75, 3.05) is 38.8 Å². The van der Waals surface area contributed by atoms with E-state index in [1.54, 1.807) is 0 Å². The molecule has 2 aliphatic heterocycles. The van der Waals surface area contributed by atoms with Crippen molar-refractivity contribution in [1.82, 2.24) is 0 Å². The predicted octanol–water partition coefficient (Wildman–Crippen LogP) is -4.40. The van der Waals surface area contributed by atoms with Gasteiger partial charge in [0.05, 0.1) is 44.1 Å². The molecule has 0 aliphatic carbocycles. The van der Waals surface area contributed by atoms with E-state index in [1.807, 2.05) is 55.5 Å². The summed E-state index contributed by atoms with van der Waals surface area (Å²) >= 11 is 0. The van der Waals surface area contributed by atoms with Crippen LogP contribution in [0.1, 0.15) is 43.2 Å². The number of carbonyl (C=O) groups is 7. The van der Waals surface area contributed by atoms with Crippen molar-refractivity contribution in [3.05, 3.63) is 97.6 Å². The third-order valence-corrected chi connectivity index (χ3v) is 6.25. The largest absolute Gasteiger partial charge is 1.00 e. The van der Waals surface area contributed by atoms with Crippen molar-refractivity contribution in [1.29, 1.82) is 0 Å². The third-order valence-electron chi connectivity index (χ3n) is 6.25. The fourth-order valence-electron chi connectivity index (χ4n) is 3.38. The molecule has 56 heavy (non-hydrogen) atoms. The molecule has 0 radical (unpaired) electrons. The van der Waals surface area contributed by atoms with E-state index in [2.05, 4.69) is 38.9 Å². The van der Waals surface area contributed by atoms with E-state index in [9.17, 15) is 33.9 Å². The fraction of sp³-hybridized carbons (Fsp3) is 0.316. The molecule has 2 heterocycles. The van der Waals surface area contributed by atoms with E-state index in [0.29, 0.717) is 26.1 Å². The number of fused-ring (bicyclic) bond motifs is 1. The number of anilines is 1. The zero-order valence-electron chi connectivity index (χ0n) is 32.0.